The third-order valence-electron chi connectivity index (χ3n) is 1.11. The zero-order valence-corrected chi connectivity index (χ0v) is 6.23. The van der Waals surface area contributed by atoms with Crippen molar-refractivity contribution < 1.29 is 9.53 Å². The lowest BCUT2D eigenvalue weighted by atomic mass is 10.7. The third kappa shape index (κ3) is 2.03. The molecule has 0 bridgehead atoms. The predicted molar refractivity (Wildman–Crippen MR) is 37.7 cm³/mol. The number of rotatable bonds is 1. The monoisotopic (exact) mass is 155 g/mol. The summed E-state index contributed by atoms with van der Waals surface area (Å²) < 4.78 is 4.72. The van der Waals surface area contributed by atoms with E-state index in [0.717, 1.165) is 0 Å². The van der Waals surface area contributed by atoms with E-state index in [2.05, 4.69) is 10.2 Å². The summed E-state index contributed by atoms with van der Waals surface area (Å²) in [5.41, 5.74) is 0. The van der Waals surface area contributed by atoms with E-state index in [9.17, 15) is 4.79 Å². The van der Waals surface area contributed by atoms with Crippen LogP contribution in [0.15, 0.2) is 22.6 Å². The van der Waals surface area contributed by atoms with Gasteiger partial charge in [0.1, 0.15) is 6.67 Å². The summed E-state index contributed by atoms with van der Waals surface area (Å²) in [7, 11) is 0. The van der Waals surface area contributed by atoms with Crippen LogP contribution in [0.25, 0.3) is 0 Å². The molecule has 0 unspecified atom stereocenters. The number of amides is 1. The van der Waals surface area contributed by atoms with Gasteiger partial charge in [-0.25, -0.2) is 4.79 Å². The quantitative estimate of drug-likeness (QED) is 0.573. The molecule has 0 aliphatic carbocycles. The maximum absolute atomic E-state index is 10.9. The summed E-state index contributed by atoms with van der Waals surface area (Å²) in [5, 5.41) is 7.19. The normalized spacial score (nSPS) is 15.2. The summed E-state index contributed by atoms with van der Waals surface area (Å²) in [6.45, 7) is 2.38. The molecule has 0 saturated carbocycles. The molecule has 0 fully saturated rings. The molecule has 60 valence electrons. The first-order valence-corrected chi connectivity index (χ1v) is 3.31. The van der Waals surface area contributed by atoms with Gasteiger partial charge in [-0.15, -0.1) is 0 Å². The average Bonchev–Trinajstić information content (AvgIpc) is 2.07. The number of ether oxygens (including phenoxy) is 1. The molecule has 1 rings (SSSR count). The summed E-state index contributed by atoms with van der Waals surface area (Å²) in [4.78, 5) is 12.3. The van der Waals surface area contributed by atoms with Gasteiger partial charge in [-0.2, -0.15) is 10.2 Å². The highest BCUT2D eigenvalue weighted by atomic mass is 16.6. The van der Waals surface area contributed by atoms with Crippen LogP contribution in [0.5, 0.6) is 0 Å². The van der Waals surface area contributed by atoms with Crippen LogP contribution in [-0.4, -0.2) is 24.3 Å². The van der Waals surface area contributed by atoms with Crippen molar-refractivity contribution in [3.63, 3.8) is 0 Å². The number of carbonyl (C=O) groups excluding carboxylic acids is 1. The molecule has 0 aromatic heterocycles. The van der Waals surface area contributed by atoms with Crippen LogP contribution < -0.4 is 0 Å². The van der Waals surface area contributed by atoms with Crippen LogP contribution >= 0.6 is 0 Å². The summed E-state index contributed by atoms with van der Waals surface area (Å²) >= 11 is 0. The topological polar surface area (TPSA) is 54.3 Å². The molecule has 0 radical (unpaired) electrons. The number of hydrogen-bond donors (Lipinski definition) is 0. The van der Waals surface area contributed by atoms with Crippen molar-refractivity contribution in [2.45, 2.75) is 6.92 Å². The Morgan fingerprint density at radius 1 is 1.82 bits per heavy atom. The molecule has 1 aliphatic rings. The zero-order chi connectivity index (χ0) is 8.10. The van der Waals surface area contributed by atoms with Crippen LogP contribution in [0.4, 0.5) is 4.79 Å². The molecule has 5 heteroatoms. The molecule has 1 amide bonds. The Labute approximate surface area is 64.4 Å². The molecule has 1 heterocycles. The van der Waals surface area contributed by atoms with E-state index in [0.29, 0.717) is 6.61 Å². The van der Waals surface area contributed by atoms with Gasteiger partial charge in [0.2, 0.25) is 0 Å². The summed E-state index contributed by atoms with van der Waals surface area (Å²) in [5.74, 6) is 0. The van der Waals surface area contributed by atoms with E-state index in [1.165, 1.54) is 17.3 Å². The molecule has 0 aromatic rings. The second-order valence-electron chi connectivity index (χ2n) is 1.87. The summed E-state index contributed by atoms with van der Waals surface area (Å²) in [6, 6.07) is 0. The molecule has 5 nitrogen and oxygen atoms in total. The Kier molecular flexibility index (Phi) is 2.59. The first-order valence-electron chi connectivity index (χ1n) is 3.31. The average molecular weight is 155 g/mol. The largest absolute Gasteiger partial charge is 0.449 e. The van der Waals surface area contributed by atoms with Gasteiger partial charge in [-0.1, -0.05) is 0 Å². The Morgan fingerprint density at radius 2 is 2.64 bits per heavy atom. The van der Waals surface area contributed by atoms with Crippen molar-refractivity contribution >= 4 is 6.09 Å². The van der Waals surface area contributed by atoms with Crippen molar-refractivity contribution in [1.29, 1.82) is 0 Å². The van der Waals surface area contributed by atoms with E-state index >= 15 is 0 Å². The number of azo groups is 1. The van der Waals surface area contributed by atoms with Crippen LogP contribution in [0.2, 0.25) is 0 Å². The van der Waals surface area contributed by atoms with E-state index in [1.54, 1.807) is 6.92 Å². The Balaban J connectivity index is 2.42. The van der Waals surface area contributed by atoms with Gasteiger partial charge in [0.15, 0.2) is 0 Å². The highest BCUT2D eigenvalue weighted by molar-refractivity contribution is 5.68. The fourth-order valence-electron chi connectivity index (χ4n) is 0.634. The van der Waals surface area contributed by atoms with E-state index < -0.39 is 0 Å². The molecule has 11 heavy (non-hydrogen) atoms. The number of carbonyl (C=O) groups is 1. The highest BCUT2D eigenvalue weighted by Gasteiger charge is 2.11. The van der Waals surface area contributed by atoms with Gasteiger partial charge in [-0.3, -0.25) is 4.90 Å². The Morgan fingerprint density at radius 3 is 3.18 bits per heavy atom. The number of hydrogen-bond acceptors (Lipinski definition) is 4. The lowest BCUT2D eigenvalue weighted by Crippen LogP contribution is -2.27. The van der Waals surface area contributed by atoms with Crippen LogP contribution in [0.1, 0.15) is 6.92 Å². The van der Waals surface area contributed by atoms with Crippen LogP contribution in [0, 0.1) is 0 Å². The Hall–Kier alpha value is -1.39. The summed E-state index contributed by atoms with van der Waals surface area (Å²) in [6.07, 6.45) is 2.59. The molecule has 0 spiro atoms. The fourth-order valence-corrected chi connectivity index (χ4v) is 0.634. The van der Waals surface area contributed by atoms with Crippen LogP contribution in [-0.2, 0) is 4.74 Å². The standard InChI is InChI=1S/C6H9N3O2/c1-2-11-6(10)9-4-3-7-8-5-9/h3-4H,2,5H2,1H3. The minimum atomic E-state index is -0.387. The predicted octanol–water partition coefficient (Wildman–Crippen LogP) is 1.34. The molecular formula is C6H9N3O2. The van der Waals surface area contributed by atoms with Crippen LogP contribution in [0.3, 0.4) is 0 Å². The maximum atomic E-state index is 10.9. The maximum Gasteiger partial charge on any atom is 0.415 e. The van der Waals surface area contributed by atoms with Crippen molar-refractivity contribution in [2.75, 3.05) is 13.3 Å². The second-order valence-corrected chi connectivity index (χ2v) is 1.87. The van der Waals surface area contributed by atoms with Gasteiger partial charge in [0.25, 0.3) is 0 Å². The third-order valence-corrected chi connectivity index (χ3v) is 1.11. The Bertz CT molecular complexity index is 200. The molecule has 1 aliphatic heterocycles. The van der Waals surface area contributed by atoms with E-state index in [-0.39, 0.29) is 12.8 Å². The van der Waals surface area contributed by atoms with Crippen molar-refractivity contribution in [1.82, 2.24) is 4.90 Å². The number of nitrogens with zero attached hydrogens (tertiary/aromatic N) is 3. The first kappa shape index (κ1) is 7.71. The molecule has 0 aromatic carbocycles. The molecule has 0 atom stereocenters. The van der Waals surface area contributed by atoms with Gasteiger partial charge in [-0.05, 0) is 6.92 Å². The smallest absolute Gasteiger partial charge is 0.415 e. The molecule has 0 N–H and O–H groups in total. The van der Waals surface area contributed by atoms with Gasteiger partial charge in [0, 0.05) is 6.20 Å². The first-order chi connectivity index (χ1) is 5.34. The second kappa shape index (κ2) is 3.70. The lowest BCUT2D eigenvalue weighted by molar-refractivity contribution is 0.122. The van der Waals surface area contributed by atoms with Crippen molar-refractivity contribution in [2.24, 2.45) is 10.2 Å². The molecular weight excluding hydrogens is 146 g/mol. The van der Waals surface area contributed by atoms with Gasteiger partial charge in [0.05, 0.1) is 12.8 Å². The van der Waals surface area contributed by atoms with E-state index in [4.69, 9.17) is 4.74 Å². The highest BCUT2D eigenvalue weighted by Crippen LogP contribution is 2.00. The molecule has 0 saturated heterocycles. The SMILES string of the molecule is CCOC(=O)N1C=CN=NC1. The fraction of sp³-hybridized carbons (Fsp3) is 0.500. The van der Waals surface area contributed by atoms with Gasteiger partial charge >= 0.3 is 6.09 Å². The van der Waals surface area contributed by atoms with Crippen molar-refractivity contribution in [3.8, 4) is 0 Å². The van der Waals surface area contributed by atoms with Gasteiger partial charge < -0.3 is 4.74 Å². The van der Waals surface area contributed by atoms with Crippen molar-refractivity contribution in [3.05, 3.63) is 12.4 Å². The minimum Gasteiger partial charge on any atom is -0.449 e. The zero-order valence-electron chi connectivity index (χ0n) is 6.23. The van der Waals surface area contributed by atoms with E-state index in [1.807, 2.05) is 0 Å². The minimum absolute atomic E-state index is 0.245. The lowest BCUT2D eigenvalue weighted by Gasteiger charge is -2.15.